The van der Waals surface area contributed by atoms with Crippen molar-refractivity contribution in [1.82, 2.24) is 9.97 Å². The SMILES string of the molecule is CC(C)OCCN(C)c1ncnc(N)c1C(C)C. The highest BCUT2D eigenvalue weighted by Crippen LogP contribution is 2.28. The molecule has 0 saturated carbocycles. The first kappa shape index (κ1) is 14.7. The summed E-state index contributed by atoms with van der Waals surface area (Å²) in [4.78, 5) is 10.5. The number of nitrogens with two attached hydrogens (primary N) is 1. The predicted octanol–water partition coefficient (Wildman–Crippen LogP) is 2.04. The van der Waals surface area contributed by atoms with Gasteiger partial charge in [-0.05, 0) is 19.8 Å². The number of hydrogen-bond donors (Lipinski definition) is 1. The van der Waals surface area contributed by atoms with Crippen molar-refractivity contribution in [3.63, 3.8) is 0 Å². The first-order valence-electron chi connectivity index (χ1n) is 6.36. The van der Waals surface area contributed by atoms with Crippen molar-refractivity contribution in [1.29, 1.82) is 0 Å². The lowest BCUT2D eigenvalue weighted by molar-refractivity contribution is 0.0845. The molecule has 0 spiro atoms. The summed E-state index contributed by atoms with van der Waals surface area (Å²) < 4.78 is 5.55. The van der Waals surface area contributed by atoms with Crippen molar-refractivity contribution >= 4 is 11.6 Å². The molecule has 1 heterocycles. The van der Waals surface area contributed by atoms with E-state index in [1.54, 1.807) is 0 Å². The van der Waals surface area contributed by atoms with E-state index >= 15 is 0 Å². The Morgan fingerprint density at radius 1 is 1.28 bits per heavy atom. The second kappa shape index (κ2) is 6.54. The molecule has 18 heavy (non-hydrogen) atoms. The van der Waals surface area contributed by atoms with E-state index in [1.165, 1.54) is 6.33 Å². The van der Waals surface area contributed by atoms with Crippen LogP contribution in [0.5, 0.6) is 0 Å². The zero-order valence-corrected chi connectivity index (χ0v) is 12.0. The third kappa shape index (κ3) is 3.84. The van der Waals surface area contributed by atoms with Crippen LogP contribution in [-0.2, 0) is 4.74 Å². The summed E-state index contributed by atoms with van der Waals surface area (Å²) in [5.74, 6) is 1.76. The van der Waals surface area contributed by atoms with Crippen molar-refractivity contribution in [3.8, 4) is 0 Å². The van der Waals surface area contributed by atoms with Gasteiger partial charge in [-0.3, -0.25) is 0 Å². The summed E-state index contributed by atoms with van der Waals surface area (Å²) in [6.45, 7) is 9.71. The van der Waals surface area contributed by atoms with Gasteiger partial charge in [-0.15, -0.1) is 0 Å². The molecule has 0 atom stereocenters. The summed E-state index contributed by atoms with van der Waals surface area (Å²) in [7, 11) is 2.00. The van der Waals surface area contributed by atoms with Crippen LogP contribution < -0.4 is 10.6 Å². The van der Waals surface area contributed by atoms with Crippen molar-refractivity contribution in [2.45, 2.75) is 39.7 Å². The zero-order chi connectivity index (χ0) is 13.7. The Labute approximate surface area is 109 Å². The Kier molecular flexibility index (Phi) is 5.34. The van der Waals surface area contributed by atoms with E-state index in [2.05, 4.69) is 28.7 Å². The Hall–Kier alpha value is -1.36. The lowest BCUT2D eigenvalue weighted by atomic mass is 10.0. The quantitative estimate of drug-likeness (QED) is 0.839. The minimum atomic E-state index is 0.249. The van der Waals surface area contributed by atoms with Crippen LogP contribution in [0.2, 0.25) is 0 Å². The van der Waals surface area contributed by atoms with Gasteiger partial charge in [0.05, 0.1) is 12.7 Å². The molecule has 0 unspecified atom stereocenters. The number of ether oxygens (including phenoxy) is 1. The Morgan fingerprint density at radius 2 is 1.94 bits per heavy atom. The molecule has 0 aromatic carbocycles. The predicted molar refractivity (Wildman–Crippen MR) is 74.9 cm³/mol. The van der Waals surface area contributed by atoms with E-state index in [1.807, 2.05) is 20.9 Å². The van der Waals surface area contributed by atoms with Crippen LogP contribution in [-0.4, -0.2) is 36.3 Å². The van der Waals surface area contributed by atoms with Gasteiger partial charge in [-0.1, -0.05) is 13.8 Å². The van der Waals surface area contributed by atoms with Crippen LogP contribution in [0, 0.1) is 0 Å². The first-order chi connectivity index (χ1) is 8.43. The molecule has 0 aliphatic carbocycles. The standard InChI is InChI=1S/C13H24N4O/c1-9(2)11-12(14)15-8-16-13(11)17(5)6-7-18-10(3)4/h8-10H,6-7H2,1-5H3,(H2,14,15,16). The maximum atomic E-state index is 5.93. The molecular formula is C13H24N4O. The highest BCUT2D eigenvalue weighted by atomic mass is 16.5. The molecule has 5 heteroatoms. The molecule has 0 aliphatic heterocycles. The molecule has 1 aromatic heterocycles. The molecule has 102 valence electrons. The zero-order valence-electron chi connectivity index (χ0n) is 12.0. The van der Waals surface area contributed by atoms with Crippen LogP contribution in [0.4, 0.5) is 11.6 Å². The molecule has 0 fully saturated rings. The van der Waals surface area contributed by atoms with Gasteiger partial charge in [0.2, 0.25) is 0 Å². The van der Waals surface area contributed by atoms with Crippen molar-refractivity contribution < 1.29 is 4.74 Å². The van der Waals surface area contributed by atoms with Gasteiger partial charge in [0.25, 0.3) is 0 Å². The third-order valence-corrected chi connectivity index (χ3v) is 2.71. The fraction of sp³-hybridized carbons (Fsp3) is 0.692. The highest BCUT2D eigenvalue weighted by Gasteiger charge is 2.16. The number of nitrogen functional groups attached to an aromatic ring is 1. The van der Waals surface area contributed by atoms with Crippen molar-refractivity contribution in [2.75, 3.05) is 30.8 Å². The van der Waals surface area contributed by atoms with E-state index in [0.29, 0.717) is 18.3 Å². The molecule has 2 N–H and O–H groups in total. The van der Waals surface area contributed by atoms with Gasteiger partial charge in [-0.2, -0.15) is 0 Å². The average molecular weight is 252 g/mol. The largest absolute Gasteiger partial charge is 0.383 e. The van der Waals surface area contributed by atoms with E-state index in [0.717, 1.165) is 17.9 Å². The molecule has 1 aromatic rings. The number of rotatable bonds is 6. The molecule has 1 rings (SSSR count). The van der Waals surface area contributed by atoms with Gasteiger partial charge < -0.3 is 15.4 Å². The lowest BCUT2D eigenvalue weighted by Gasteiger charge is -2.23. The van der Waals surface area contributed by atoms with Gasteiger partial charge in [0.1, 0.15) is 18.0 Å². The topological polar surface area (TPSA) is 64.3 Å². The third-order valence-electron chi connectivity index (χ3n) is 2.71. The van der Waals surface area contributed by atoms with Gasteiger partial charge in [0.15, 0.2) is 0 Å². The van der Waals surface area contributed by atoms with E-state index in [9.17, 15) is 0 Å². The molecule has 0 aliphatic rings. The molecule has 0 radical (unpaired) electrons. The number of likely N-dealkylation sites (N-methyl/N-ethyl adjacent to an activating group) is 1. The summed E-state index contributed by atoms with van der Waals surface area (Å²) in [5, 5.41) is 0. The van der Waals surface area contributed by atoms with Gasteiger partial charge >= 0.3 is 0 Å². The number of aromatic nitrogens is 2. The second-order valence-corrected chi connectivity index (χ2v) is 4.99. The summed E-state index contributed by atoms with van der Waals surface area (Å²) >= 11 is 0. The monoisotopic (exact) mass is 252 g/mol. The summed E-state index contributed by atoms with van der Waals surface area (Å²) in [5.41, 5.74) is 6.93. The lowest BCUT2D eigenvalue weighted by Crippen LogP contribution is -2.26. The van der Waals surface area contributed by atoms with Gasteiger partial charge in [0, 0.05) is 19.2 Å². The summed E-state index contributed by atoms with van der Waals surface area (Å²) in [6.07, 6.45) is 1.76. The van der Waals surface area contributed by atoms with Gasteiger partial charge in [-0.25, -0.2) is 9.97 Å². The molecule has 0 bridgehead atoms. The number of hydrogen-bond acceptors (Lipinski definition) is 5. The van der Waals surface area contributed by atoms with Crippen molar-refractivity contribution in [2.24, 2.45) is 0 Å². The first-order valence-corrected chi connectivity index (χ1v) is 6.36. The fourth-order valence-corrected chi connectivity index (χ4v) is 1.79. The fourth-order valence-electron chi connectivity index (χ4n) is 1.79. The van der Waals surface area contributed by atoms with E-state index in [-0.39, 0.29) is 6.10 Å². The second-order valence-electron chi connectivity index (χ2n) is 4.99. The molecular weight excluding hydrogens is 228 g/mol. The van der Waals surface area contributed by atoms with Crippen LogP contribution in [0.1, 0.15) is 39.2 Å². The smallest absolute Gasteiger partial charge is 0.137 e. The Bertz CT molecular complexity index is 379. The highest BCUT2D eigenvalue weighted by molar-refractivity contribution is 5.57. The molecule has 5 nitrogen and oxygen atoms in total. The van der Waals surface area contributed by atoms with Crippen LogP contribution in [0.3, 0.4) is 0 Å². The maximum Gasteiger partial charge on any atom is 0.137 e. The minimum Gasteiger partial charge on any atom is -0.383 e. The normalized spacial score (nSPS) is 11.3. The molecule has 0 saturated heterocycles. The van der Waals surface area contributed by atoms with Crippen molar-refractivity contribution in [3.05, 3.63) is 11.9 Å². The number of anilines is 2. The van der Waals surface area contributed by atoms with Crippen LogP contribution in [0.15, 0.2) is 6.33 Å². The number of nitrogens with zero attached hydrogens (tertiary/aromatic N) is 3. The summed E-state index contributed by atoms with van der Waals surface area (Å²) in [6, 6.07) is 0. The molecule has 0 amide bonds. The van der Waals surface area contributed by atoms with Crippen LogP contribution >= 0.6 is 0 Å². The Balaban J connectivity index is 2.78. The van der Waals surface area contributed by atoms with Crippen LogP contribution in [0.25, 0.3) is 0 Å². The maximum absolute atomic E-state index is 5.93. The van der Waals surface area contributed by atoms with E-state index < -0.39 is 0 Å². The minimum absolute atomic E-state index is 0.249. The van der Waals surface area contributed by atoms with E-state index in [4.69, 9.17) is 10.5 Å². The Morgan fingerprint density at radius 3 is 2.50 bits per heavy atom. The average Bonchev–Trinajstić information content (AvgIpc) is 2.27.